The SMILES string of the molecule is CC[C@@](C)(CNC(=O)Nc1ccc(C(=O)Nc2ccccc2OC)cc1)N1CCOCC1. The maximum absolute atomic E-state index is 12.5. The number of hydrogen-bond acceptors (Lipinski definition) is 5. The minimum Gasteiger partial charge on any atom is -0.495 e. The number of rotatable bonds is 8. The van der Waals surface area contributed by atoms with Crippen LogP contribution in [0.4, 0.5) is 16.2 Å². The summed E-state index contributed by atoms with van der Waals surface area (Å²) in [4.78, 5) is 27.3. The summed E-state index contributed by atoms with van der Waals surface area (Å²) >= 11 is 0. The van der Waals surface area contributed by atoms with E-state index < -0.39 is 0 Å². The van der Waals surface area contributed by atoms with E-state index in [1.807, 2.05) is 12.1 Å². The van der Waals surface area contributed by atoms with Crippen LogP contribution in [0.15, 0.2) is 48.5 Å². The van der Waals surface area contributed by atoms with Crippen LogP contribution in [0.5, 0.6) is 5.75 Å². The summed E-state index contributed by atoms with van der Waals surface area (Å²) in [6, 6.07) is 13.7. The van der Waals surface area contributed by atoms with Crippen LogP contribution in [0.1, 0.15) is 30.6 Å². The summed E-state index contributed by atoms with van der Waals surface area (Å²) in [7, 11) is 1.56. The average molecular weight is 441 g/mol. The van der Waals surface area contributed by atoms with Crippen molar-refractivity contribution in [2.75, 3.05) is 50.6 Å². The summed E-state index contributed by atoms with van der Waals surface area (Å²) in [5.41, 5.74) is 1.57. The number of carbonyl (C=O) groups excluding carboxylic acids is 2. The van der Waals surface area contributed by atoms with Crippen molar-refractivity contribution in [1.29, 1.82) is 0 Å². The van der Waals surface area contributed by atoms with Crippen LogP contribution in [0.25, 0.3) is 0 Å². The Balaban J connectivity index is 1.53. The lowest BCUT2D eigenvalue weighted by molar-refractivity contribution is -0.0163. The Labute approximate surface area is 189 Å². The molecule has 1 atom stereocenters. The molecule has 3 amide bonds. The van der Waals surface area contributed by atoms with Crippen LogP contribution in [-0.4, -0.2) is 62.3 Å². The van der Waals surface area contributed by atoms with Crippen molar-refractivity contribution in [2.45, 2.75) is 25.8 Å². The van der Waals surface area contributed by atoms with E-state index in [1.165, 1.54) is 0 Å². The second kappa shape index (κ2) is 11.0. The zero-order valence-electron chi connectivity index (χ0n) is 18.9. The number of hydrogen-bond donors (Lipinski definition) is 3. The molecule has 0 saturated carbocycles. The summed E-state index contributed by atoms with van der Waals surface area (Å²) < 4.78 is 10.7. The van der Waals surface area contributed by atoms with E-state index >= 15 is 0 Å². The van der Waals surface area contributed by atoms with Gasteiger partial charge in [-0.25, -0.2) is 4.79 Å². The van der Waals surface area contributed by atoms with Gasteiger partial charge in [-0.15, -0.1) is 0 Å². The summed E-state index contributed by atoms with van der Waals surface area (Å²) in [6.07, 6.45) is 0.920. The van der Waals surface area contributed by atoms with Gasteiger partial charge in [0.05, 0.1) is 26.0 Å². The van der Waals surface area contributed by atoms with Crippen molar-refractivity contribution in [2.24, 2.45) is 0 Å². The van der Waals surface area contributed by atoms with Gasteiger partial charge in [0.1, 0.15) is 5.75 Å². The summed E-state index contributed by atoms with van der Waals surface area (Å²) in [6.45, 7) is 8.00. The van der Waals surface area contributed by atoms with E-state index in [1.54, 1.807) is 43.5 Å². The van der Waals surface area contributed by atoms with Crippen LogP contribution < -0.4 is 20.7 Å². The maximum Gasteiger partial charge on any atom is 0.319 e. The number of amides is 3. The number of nitrogens with one attached hydrogen (secondary N) is 3. The molecule has 1 heterocycles. The Hall–Kier alpha value is -3.10. The molecule has 2 aromatic rings. The third-order valence-electron chi connectivity index (χ3n) is 5.93. The van der Waals surface area contributed by atoms with Gasteiger partial charge in [0.15, 0.2) is 0 Å². The van der Waals surface area contributed by atoms with Gasteiger partial charge in [0.25, 0.3) is 5.91 Å². The number of benzene rings is 2. The molecule has 8 nitrogen and oxygen atoms in total. The first kappa shape index (κ1) is 23.6. The van der Waals surface area contributed by atoms with E-state index in [2.05, 4.69) is 34.7 Å². The van der Waals surface area contributed by atoms with Crippen LogP contribution >= 0.6 is 0 Å². The second-order valence-electron chi connectivity index (χ2n) is 7.99. The molecule has 1 fully saturated rings. The summed E-state index contributed by atoms with van der Waals surface area (Å²) in [5, 5.41) is 8.64. The molecule has 8 heteroatoms. The van der Waals surface area contributed by atoms with Crippen LogP contribution in [0.3, 0.4) is 0 Å². The van der Waals surface area contributed by atoms with Gasteiger partial charge >= 0.3 is 6.03 Å². The Morgan fingerprint density at radius 2 is 1.75 bits per heavy atom. The molecule has 1 aliphatic rings. The molecule has 2 aromatic carbocycles. The van der Waals surface area contributed by atoms with Crippen molar-refractivity contribution >= 4 is 23.3 Å². The van der Waals surface area contributed by atoms with Crippen molar-refractivity contribution in [1.82, 2.24) is 10.2 Å². The highest BCUT2D eigenvalue weighted by atomic mass is 16.5. The monoisotopic (exact) mass is 440 g/mol. The molecular formula is C24H32N4O4. The fourth-order valence-corrected chi connectivity index (χ4v) is 3.66. The van der Waals surface area contributed by atoms with Gasteiger partial charge in [-0.05, 0) is 49.7 Å². The minimum absolute atomic E-state index is 0.123. The number of para-hydroxylation sites is 2. The highest BCUT2D eigenvalue weighted by Gasteiger charge is 2.31. The highest BCUT2D eigenvalue weighted by molar-refractivity contribution is 6.05. The predicted octanol–water partition coefficient (Wildman–Crippen LogP) is 3.57. The number of ether oxygens (including phenoxy) is 2. The lowest BCUT2D eigenvalue weighted by atomic mass is 9.95. The maximum atomic E-state index is 12.5. The van der Waals surface area contributed by atoms with Crippen LogP contribution in [0, 0.1) is 0 Å². The topological polar surface area (TPSA) is 91.9 Å². The largest absolute Gasteiger partial charge is 0.495 e. The Morgan fingerprint density at radius 3 is 2.41 bits per heavy atom. The zero-order chi connectivity index (χ0) is 23.0. The van der Waals surface area contributed by atoms with Gasteiger partial charge < -0.3 is 25.4 Å². The number of carbonyl (C=O) groups is 2. The normalized spacial score (nSPS) is 16.0. The molecule has 0 spiro atoms. The zero-order valence-corrected chi connectivity index (χ0v) is 18.9. The highest BCUT2D eigenvalue weighted by Crippen LogP contribution is 2.24. The number of urea groups is 1. The van der Waals surface area contributed by atoms with Crippen molar-refractivity contribution in [3.05, 3.63) is 54.1 Å². The Kier molecular flexibility index (Phi) is 8.08. The van der Waals surface area contributed by atoms with Gasteiger partial charge in [-0.1, -0.05) is 19.1 Å². The molecule has 0 aromatic heterocycles. The molecule has 32 heavy (non-hydrogen) atoms. The predicted molar refractivity (Wildman–Crippen MR) is 125 cm³/mol. The van der Waals surface area contributed by atoms with Crippen LogP contribution in [0.2, 0.25) is 0 Å². The van der Waals surface area contributed by atoms with Gasteiger partial charge in [-0.3, -0.25) is 9.69 Å². The molecule has 0 bridgehead atoms. The Bertz CT molecular complexity index is 912. The van der Waals surface area contributed by atoms with Crippen LogP contribution in [-0.2, 0) is 4.74 Å². The third-order valence-corrected chi connectivity index (χ3v) is 5.93. The fourth-order valence-electron chi connectivity index (χ4n) is 3.66. The fraction of sp³-hybridized carbons (Fsp3) is 0.417. The summed E-state index contributed by atoms with van der Waals surface area (Å²) in [5.74, 6) is 0.335. The lowest BCUT2D eigenvalue weighted by Gasteiger charge is -2.43. The second-order valence-corrected chi connectivity index (χ2v) is 7.99. The number of methoxy groups -OCH3 is 1. The number of anilines is 2. The molecule has 3 rings (SSSR count). The molecule has 0 radical (unpaired) electrons. The van der Waals surface area contributed by atoms with Gasteiger partial charge in [-0.2, -0.15) is 0 Å². The van der Waals surface area contributed by atoms with Gasteiger partial charge in [0.2, 0.25) is 0 Å². The molecule has 1 aliphatic heterocycles. The van der Waals surface area contributed by atoms with Gasteiger partial charge in [0, 0.05) is 36.4 Å². The molecule has 172 valence electrons. The van der Waals surface area contributed by atoms with Crippen molar-refractivity contribution in [3.63, 3.8) is 0 Å². The number of nitrogens with zero attached hydrogens (tertiary/aromatic N) is 1. The third kappa shape index (κ3) is 5.99. The molecule has 3 N–H and O–H groups in total. The van der Waals surface area contributed by atoms with E-state index in [0.717, 1.165) is 32.7 Å². The first-order valence-electron chi connectivity index (χ1n) is 10.9. The van der Waals surface area contributed by atoms with Crippen molar-refractivity contribution in [3.8, 4) is 5.75 Å². The first-order chi connectivity index (χ1) is 15.4. The molecular weight excluding hydrogens is 408 g/mol. The standard InChI is InChI=1S/C24H32N4O4/c1-4-24(2,28-13-15-32-16-14-28)17-25-23(30)26-19-11-9-18(10-12-19)22(29)27-20-7-5-6-8-21(20)31-3/h5-12H,4,13-17H2,1-3H3,(H,27,29)(H2,25,26,30)/t24-/m0/s1. The smallest absolute Gasteiger partial charge is 0.319 e. The Morgan fingerprint density at radius 1 is 1.06 bits per heavy atom. The lowest BCUT2D eigenvalue weighted by Crippen LogP contribution is -2.57. The van der Waals surface area contributed by atoms with E-state index in [9.17, 15) is 9.59 Å². The van der Waals surface area contributed by atoms with E-state index in [-0.39, 0.29) is 17.5 Å². The average Bonchev–Trinajstić information content (AvgIpc) is 2.84. The van der Waals surface area contributed by atoms with E-state index in [4.69, 9.17) is 9.47 Å². The first-order valence-corrected chi connectivity index (χ1v) is 10.9. The minimum atomic E-state index is -0.274. The van der Waals surface area contributed by atoms with Crippen molar-refractivity contribution < 1.29 is 19.1 Å². The molecule has 1 saturated heterocycles. The molecule has 0 unspecified atom stereocenters. The quantitative estimate of drug-likeness (QED) is 0.584. The molecule has 0 aliphatic carbocycles. The van der Waals surface area contributed by atoms with E-state index in [0.29, 0.717) is 29.2 Å². The number of morpholine rings is 1.